The highest BCUT2D eigenvalue weighted by Crippen LogP contribution is 1.98. The van der Waals surface area contributed by atoms with E-state index in [1.165, 1.54) is 0 Å². The van der Waals surface area contributed by atoms with Crippen molar-refractivity contribution in [2.45, 2.75) is 19.4 Å². The number of rotatable bonds is 4. The van der Waals surface area contributed by atoms with Crippen molar-refractivity contribution >= 4 is 5.91 Å². The Kier molecular flexibility index (Phi) is 4.05. The molecule has 0 spiro atoms. The van der Waals surface area contributed by atoms with Gasteiger partial charge in [0.25, 0.3) is 0 Å². The Balaban J connectivity index is 1.69. The Morgan fingerprint density at radius 3 is 3.18 bits per heavy atom. The summed E-state index contributed by atoms with van der Waals surface area (Å²) in [6.07, 6.45) is 0.139. The summed E-state index contributed by atoms with van der Waals surface area (Å²) in [6.45, 7) is 4.16. The van der Waals surface area contributed by atoms with Gasteiger partial charge in [0.15, 0.2) is 5.82 Å². The normalized spacial score (nSPS) is 20.2. The average Bonchev–Trinajstić information content (AvgIpc) is 2.76. The van der Waals surface area contributed by atoms with Gasteiger partial charge in [0.2, 0.25) is 11.8 Å². The zero-order chi connectivity index (χ0) is 12.1. The molecule has 0 aromatic carbocycles. The van der Waals surface area contributed by atoms with Gasteiger partial charge in [0.1, 0.15) is 6.10 Å². The van der Waals surface area contributed by atoms with E-state index in [0.717, 1.165) is 6.54 Å². The van der Waals surface area contributed by atoms with Crippen molar-refractivity contribution in [1.29, 1.82) is 0 Å². The van der Waals surface area contributed by atoms with Crippen molar-refractivity contribution < 1.29 is 14.1 Å². The standard InChI is InChI=1S/C10H16N4O3/c1-7-13-9(17-14-7)2-3-12-10(15)8-6-11-4-5-16-8/h8,11H,2-6H2,1H3,(H,12,15). The lowest BCUT2D eigenvalue weighted by atomic mass is 10.3. The first-order valence-electron chi connectivity index (χ1n) is 5.65. The predicted octanol–water partition coefficient (Wildman–Crippen LogP) is -0.975. The topological polar surface area (TPSA) is 89.3 Å². The third-order valence-electron chi connectivity index (χ3n) is 2.43. The van der Waals surface area contributed by atoms with Gasteiger partial charge in [-0.25, -0.2) is 0 Å². The van der Waals surface area contributed by atoms with Crippen molar-refractivity contribution in [3.63, 3.8) is 0 Å². The second-order valence-electron chi connectivity index (χ2n) is 3.84. The number of carbonyl (C=O) groups excluding carboxylic acids is 1. The monoisotopic (exact) mass is 240 g/mol. The lowest BCUT2D eigenvalue weighted by Gasteiger charge is -2.22. The highest BCUT2D eigenvalue weighted by Gasteiger charge is 2.21. The lowest BCUT2D eigenvalue weighted by molar-refractivity contribution is -0.134. The van der Waals surface area contributed by atoms with Crippen LogP contribution in [0, 0.1) is 6.92 Å². The van der Waals surface area contributed by atoms with Gasteiger partial charge in [-0.3, -0.25) is 4.79 Å². The van der Waals surface area contributed by atoms with E-state index in [9.17, 15) is 4.79 Å². The molecule has 2 N–H and O–H groups in total. The number of hydrogen-bond acceptors (Lipinski definition) is 6. The van der Waals surface area contributed by atoms with Crippen LogP contribution in [0.2, 0.25) is 0 Å². The molecule has 1 aromatic rings. The lowest BCUT2D eigenvalue weighted by Crippen LogP contribution is -2.48. The van der Waals surface area contributed by atoms with E-state index < -0.39 is 6.10 Å². The first kappa shape index (κ1) is 12.0. The molecule has 1 fully saturated rings. The van der Waals surface area contributed by atoms with E-state index in [4.69, 9.17) is 9.26 Å². The fourth-order valence-electron chi connectivity index (χ4n) is 1.58. The van der Waals surface area contributed by atoms with Gasteiger partial charge in [-0.1, -0.05) is 5.16 Å². The molecular weight excluding hydrogens is 224 g/mol. The zero-order valence-electron chi connectivity index (χ0n) is 9.73. The van der Waals surface area contributed by atoms with Crippen molar-refractivity contribution in [2.24, 2.45) is 0 Å². The van der Waals surface area contributed by atoms with Crippen LogP contribution >= 0.6 is 0 Å². The number of nitrogens with zero attached hydrogens (tertiary/aromatic N) is 2. The van der Waals surface area contributed by atoms with Gasteiger partial charge >= 0.3 is 0 Å². The van der Waals surface area contributed by atoms with Crippen molar-refractivity contribution in [1.82, 2.24) is 20.8 Å². The fraction of sp³-hybridized carbons (Fsp3) is 0.700. The molecule has 1 atom stereocenters. The predicted molar refractivity (Wildman–Crippen MR) is 58.4 cm³/mol. The second-order valence-corrected chi connectivity index (χ2v) is 3.84. The number of aryl methyl sites for hydroxylation is 1. The summed E-state index contributed by atoms with van der Waals surface area (Å²) in [5.74, 6) is 1.03. The number of nitrogens with one attached hydrogen (secondary N) is 2. The summed E-state index contributed by atoms with van der Waals surface area (Å²) in [5.41, 5.74) is 0. The molecule has 0 aliphatic carbocycles. The van der Waals surface area contributed by atoms with Crippen molar-refractivity contribution in [3.8, 4) is 0 Å². The molecule has 0 bridgehead atoms. The molecule has 17 heavy (non-hydrogen) atoms. The number of amides is 1. The maximum Gasteiger partial charge on any atom is 0.250 e. The van der Waals surface area contributed by atoms with Gasteiger partial charge in [-0.05, 0) is 6.92 Å². The number of hydrogen-bond donors (Lipinski definition) is 2. The van der Waals surface area contributed by atoms with Gasteiger partial charge in [0, 0.05) is 26.1 Å². The van der Waals surface area contributed by atoms with E-state index in [1.54, 1.807) is 6.92 Å². The molecule has 0 radical (unpaired) electrons. The smallest absolute Gasteiger partial charge is 0.250 e. The minimum Gasteiger partial charge on any atom is -0.366 e. The van der Waals surface area contributed by atoms with Crippen LogP contribution in [0.1, 0.15) is 11.7 Å². The van der Waals surface area contributed by atoms with Crippen LogP contribution in [0.5, 0.6) is 0 Å². The molecule has 1 unspecified atom stereocenters. The average molecular weight is 240 g/mol. The van der Waals surface area contributed by atoms with E-state index in [-0.39, 0.29) is 5.91 Å². The summed E-state index contributed by atoms with van der Waals surface area (Å²) in [4.78, 5) is 15.7. The fourth-order valence-corrected chi connectivity index (χ4v) is 1.58. The summed E-state index contributed by atoms with van der Waals surface area (Å²) in [5, 5.41) is 9.55. The largest absolute Gasteiger partial charge is 0.366 e. The van der Waals surface area contributed by atoms with E-state index >= 15 is 0 Å². The molecule has 0 saturated carbocycles. The minimum absolute atomic E-state index is 0.103. The number of ether oxygens (including phenoxy) is 1. The van der Waals surface area contributed by atoms with Crippen LogP contribution in [0.3, 0.4) is 0 Å². The molecule has 1 aliphatic rings. The summed E-state index contributed by atoms with van der Waals surface area (Å²) in [6, 6.07) is 0. The minimum atomic E-state index is -0.395. The number of morpholine rings is 1. The molecule has 7 nitrogen and oxygen atoms in total. The van der Waals surface area contributed by atoms with Crippen molar-refractivity contribution in [2.75, 3.05) is 26.2 Å². The third kappa shape index (κ3) is 3.50. The second kappa shape index (κ2) is 5.74. The first-order chi connectivity index (χ1) is 8.25. The Hall–Kier alpha value is -1.47. The molecule has 1 aromatic heterocycles. The zero-order valence-corrected chi connectivity index (χ0v) is 9.73. The van der Waals surface area contributed by atoms with Crippen LogP contribution in [0.15, 0.2) is 4.52 Å². The van der Waals surface area contributed by atoms with E-state index in [0.29, 0.717) is 37.8 Å². The quantitative estimate of drug-likeness (QED) is 0.703. The Bertz CT molecular complexity index is 373. The summed E-state index contributed by atoms with van der Waals surface area (Å²) < 4.78 is 10.3. The Labute approximate surface area is 98.9 Å². The molecular formula is C10H16N4O3. The maximum absolute atomic E-state index is 11.7. The number of carbonyl (C=O) groups is 1. The summed E-state index contributed by atoms with van der Waals surface area (Å²) >= 11 is 0. The van der Waals surface area contributed by atoms with Crippen LogP contribution in [-0.4, -0.2) is 48.4 Å². The van der Waals surface area contributed by atoms with Crippen LogP contribution < -0.4 is 10.6 Å². The van der Waals surface area contributed by atoms with Gasteiger partial charge < -0.3 is 19.9 Å². The van der Waals surface area contributed by atoms with Crippen molar-refractivity contribution in [3.05, 3.63) is 11.7 Å². The molecule has 1 amide bonds. The molecule has 7 heteroatoms. The van der Waals surface area contributed by atoms with E-state index in [1.807, 2.05) is 0 Å². The molecule has 2 rings (SSSR count). The van der Waals surface area contributed by atoms with Crippen LogP contribution in [-0.2, 0) is 16.0 Å². The molecule has 94 valence electrons. The SMILES string of the molecule is Cc1noc(CCNC(=O)C2CNCCO2)n1. The highest BCUT2D eigenvalue weighted by molar-refractivity contribution is 5.81. The van der Waals surface area contributed by atoms with Gasteiger partial charge in [-0.15, -0.1) is 0 Å². The van der Waals surface area contributed by atoms with Crippen LogP contribution in [0.4, 0.5) is 0 Å². The first-order valence-corrected chi connectivity index (χ1v) is 5.65. The van der Waals surface area contributed by atoms with E-state index in [2.05, 4.69) is 20.8 Å². The molecule has 1 saturated heterocycles. The highest BCUT2D eigenvalue weighted by atomic mass is 16.5. The third-order valence-corrected chi connectivity index (χ3v) is 2.43. The summed E-state index contributed by atoms with van der Waals surface area (Å²) in [7, 11) is 0. The van der Waals surface area contributed by atoms with Gasteiger partial charge in [0.05, 0.1) is 6.61 Å². The Morgan fingerprint density at radius 2 is 2.53 bits per heavy atom. The molecule has 1 aliphatic heterocycles. The number of aromatic nitrogens is 2. The Morgan fingerprint density at radius 1 is 1.65 bits per heavy atom. The maximum atomic E-state index is 11.7. The van der Waals surface area contributed by atoms with Crippen LogP contribution in [0.25, 0.3) is 0 Å². The molecule has 2 heterocycles. The van der Waals surface area contributed by atoms with Gasteiger partial charge in [-0.2, -0.15) is 4.98 Å².